The second-order valence-corrected chi connectivity index (χ2v) is 6.50. The van der Waals surface area contributed by atoms with Gasteiger partial charge < -0.3 is 43.8 Å². The van der Waals surface area contributed by atoms with Crippen LogP contribution in [0.2, 0.25) is 0 Å². The smallest absolute Gasteiger partial charge is 0.407 e. The molecule has 0 rings (SSSR count). The summed E-state index contributed by atoms with van der Waals surface area (Å²) in [6, 6.07) is 0. The molecular formula is C21H34N2O11. The van der Waals surface area contributed by atoms with Crippen molar-refractivity contribution in [2.24, 2.45) is 0 Å². The Morgan fingerprint density at radius 2 is 0.941 bits per heavy atom. The Bertz CT molecular complexity index is 611. The average molecular weight is 491 g/mol. The molecule has 0 saturated carbocycles. The van der Waals surface area contributed by atoms with Gasteiger partial charge in [-0.3, -0.25) is 0 Å². The zero-order valence-corrected chi connectivity index (χ0v) is 19.7. The van der Waals surface area contributed by atoms with Crippen LogP contribution in [0.1, 0.15) is 13.8 Å². The minimum absolute atomic E-state index is 0.0138. The van der Waals surface area contributed by atoms with Crippen LogP contribution < -0.4 is 10.6 Å². The van der Waals surface area contributed by atoms with E-state index in [1.54, 1.807) is 0 Å². The Morgan fingerprint density at radius 3 is 1.38 bits per heavy atom. The van der Waals surface area contributed by atoms with Gasteiger partial charge in [0.2, 0.25) is 0 Å². The molecule has 0 aromatic rings. The van der Waals surface area contributed by atoms with Crippen molar-refractivity contribution in [2.45, 2.75) is 13.8 Å². The van der Waals surface area contributed by atoms with Crippen LogP contribution in [0, 0.1) is 0 Å². The Kier molecular flexibility index (Phi) is 18.5. The Hall–Kier alpha value is -3.16. The van der Waals surface area contributed by atoms with Gasteiger partial charge in [-0.15, -0.1) is 0 Å². The topological polar surface area (TPSA) is 157 Å². The monoisotopic (exact) mass is 490 g/mol. The van der Waals surface area contributed by atoms with Crippen LogP contribution in [0.5, 0.6) is 0 Å². The van der Waals surface area contributed by atoms with Crippen molar-refractivity contribution in [3.63, 3.8) is 0 Å². The largest absolute Gasteiger partial charge is 0.460 e. The predicted molar refractivity (Wildman–Crippen MR) is 118 cm³/mol. The second kappa shape index (κ2) is 20.4. The summed E-state index contributed by atoms with van der Waals surface area (Å²) in [7, 11) is 0. The molecule has 0 aliphatic carbocycles. The third kappa shape index (κ3) is 19.5. The number of rotatable bonds is 19. The van der Waals surface area contributed by atoms with Crippen LogP contribution in [0.3, 0.4) is 0 Å². The molecule has 2 N–H and O–H groups in total. The zero-order chi connectivity index (χ0) is 25.6. The minimum Gasteiger partial charge on any atom is -0.460 e. The highest BCUT2D eigenvalue weighted by Gasteiger charge is 2.06. The van der Waals surface area contributed by atoms with Gasteiger partial charge in [-0.2, -0.15) is 0 Å². The third-order valence-corrected chi connectivity index (χ3v) is 3.37. The van der Waals surface area contributed by atoms with E-state index in [4.69, 9.17) is 33.2 Å². The first kappa shape index (κ1) is 30.8. The van der Waals surface area contributed by atoms with Gasteiger partial charge in [-0.05, 0) is 13.8 Å². The lowest BCUT2D eigenvalue weighted by Crippen LogP contribution is -2.29. The van der Waals surface area contributed by atoms with Gasteiger partial charge in [0.15, 0.2) is 0 Å². The first-order chi connectivity index (χ1) is 16.2. The fourth-order valence-electron chi connectivity index (χ4n) is 1.73. The Morgan fingerprint density at radius 1 is 0.559 bits per heavy atom. The number of esters is 2. The number of carbonyl (C=O) groups is 4. The Labute approximate surface area is 198 Å². The van der Waals surface area contributed by atoms with Gasteiger partial charge in [0, 0.05) is 11.1 Å². The van der Waals surface area contributed by atoms with Crippen molar-refractivity contribution < 1.29 is 52.3 Å². The number of alkyl carbamates (subject to hydrolysis) is 2. The maximum absolute atomic E-state index is 11.4. The molecule has 0 heterocycles. The van der Waals surface area contributed by atoms with Crippen molar-refractivity contribution in [3.8, 4) is 0 Å². The van der Waals surface area contributed by atoms with Crippen LogP contribution in [0.4, 0.5) is 9.59 Å². The fourth-order valence-corrected chi connectivity index (χ4v) is 1.73. The molecule has 0 aromatic carbocycles. The maximum atomic E-state index is 11.4. The molecular weight excluding hydrogens is 456 g/mol. The SMILES string of the molecule is C=C(C)C(=O)OCCNC(=O)OCCOCCOCOCCOC(=O)NCCOC(=O)C(=C)C. The molecule has 0 spiro atoms. The number of ether oxygens (including phenoxy) is 7. The summed E-state index contributed by atoms with van der Waals surface area (Å²) in [6.45, 7) is 11.1. The molecule has 34 heavy (non-hydrogen) atoms. The Balaban J connectivity index is 3.36. The molecule has 2 amide bonds. The van der Waals surface area contributed by atoms with Crippen molar-refractivity contribution in [2.75, 3.05) is 72.7 Å². The van der Waals surface area contributed by atoms with Gasteiger partial charge in [0.05, 0.1) is 39.5 Å². The molecule has 0 radical (unpaired) electrons. The number of carbonyl (C=O) groups excluding carboxylic acids is 4. The molecule has 194 valence electrons. The molecule has 0 aromatic heterocycles. The number of hydrogen-bond acceptors (Lipinski definition) is 11. The van der Waals surface area contributed by atoms with E-state index in [1.807, 2.05) is 0 Å². The lowest BCUT2D eigenvalue weighted by Gasteiger charge is -2.09. The van der Waals surface area contributed by atoms with Crippen LogP contribution >= 0.6 is 0 Å². The number of hydrogen-bond donors (Lipinski definition) is 2. The summed E-state index contributed by atoms with van der Waals surface area (Å²) >= 11 is 0. The molecule has 0 atom stereocenters. The maximum Gasteiger partial charge on any atom is 0.407 e. The van der Waals surface area contributed by atoms with Crippen molar-refractivity contribution in [1.82, 2.24) is 10.6 Å². The highest BCUT2D eigenvalue weighted by atomic mass is 16.7. The lowest BCUT2D eigenvalue weighted by molar-refractivity contribution is -0.139. The highest BCUT2D eigenvalue weighted by Crippen LogP contribution is 1.92. The molecule has 13 nitrogen and oxygen atoms in total. The van der Waals surface area contributed by atoms with Gasteiger partial charge in [-0.25, -0.2) is 19.2 Å². The summed E-state index contributed by atoms with van der Waals surface area (Å²) in [5, 5.41) is 4.83. The summed E-state index contributed by atoms with van der Waals surface area (Å²) in [5.74, 6) is -1.05. The first-order valence-electron chi connectivity index (χ1n) is 10.4. The lowest BCUT2D eigenvalue weighted by atomic mass is 10.4. The van der Waals surface area contributed by atoms with Gasteiger partial charge in [0.1, 0.15) is 33.2 Å². The van der Waals surface area contributed by atoms with E-state index in [-0.39, 0.29) is 83.9 Å². The van der Waals surface area contributed by atoms with Gasteiger partial charge in [0.25, 0.3) is 0 Å². The van der Waals surface area contributed by atoms with E-state index < -0.39 is 24.1 Å². The van der Waals surface area contributed by atoms with Crippen LogP contribution in [0.15, 0.2) is 24.3 Å². The number of amides is 2. The van der Waals surface area contributed by atoms with E-state index in [2.05, 4.69) is 23.8 Å². The van der Waals surface area contributed by atoms with Gasteiger partial charge >= 0.3 is 24.1 Å². The third-order valence-electron chi connectivity index (χ3n) is 3.37. The molecule has 0 bridgehead atoms. The van der Waals surface area contributed by atoms with E-state index >= 15 is 0 Å². The summed E-state index contributed by atoms with van der Waals surface area (Å²) in [4.78, 5) is 45.0. The van der Waals surface area contributed by atoms with Crippen LogP contribution in [0.25, 0.3) is 0 Å². The van der Waals surface area contributed by atoms with Crippen molar-refractivity contribution >= 4 is 24.1 Å². The molecule has 0 aliphatic heterocycles. The quantitative estimate of drug-likeness (QED) is 0.0863. The van der Waals surface area contributed by atoms with Crippen molar-refractivity contribution in [3.05, 3.63) is 24.3 Å². The number of nitrogens with one attached hydrogen (secondary N) is 2. The molecule has 0 fully saturated rings. The summed E-state index contributed by atoms with van der Waals surface area (Å²) in [5.41, 5.74) is 0.558. The van der Waals surface area contributed by atoms with Crippen molar-refractivity contribution in [1.29, 1.82) is 0 Å². The summed E-state index contributed by atoms with van der Waals surface area (Å²) < 4.78 is 34.8. The molecule has 0 aliphatic rings. The minimum atomic E-state index is -0.661. The normalized spacial score (nSPS) is 10.1. The second-order valence-electron chi connectivity index (χ2n) is 6.50. The molecule has 0 unspecified atom stereocenters. The van der Waals surface area contributed by atoms with E-state index in [9.17, 15) is 19.2 Å². The van der Waals surface area contributed by atoms with Crippen LogP contribution in [-0.2, 0) is 42.7 Å². The summed E-state index contributed by atoms with van der Waals surface area (Å²) in [6.07, 6.45) is -1.31. The van der Waals surface area contributed by atoms with Crippen LogP contribution in [-0.4, -0.2) is 96.9 Å². The van der Waals surface area contributed by atoms with Gasteiger partial charge in [-0.1, -0.05) is 13.2 Å². The molecule has 13 heteroatoms. The average Bonchev–Trinajstić information content (AvgIpc) is 2.79. The fraction of sp³-hybridized carbons (Fsp3) is 0.619. The first-order valence-corrected chi connectivity index (χ1v) is 10.4. The zero-order valence-electron chi connectivity index (χ0n) is 19.7. The standard InChI is InChI=1S/C21H34N2O11/c1-16(2)18(24)31-7-5-22-20(26)33-13-11-28-9-10-29-15-30-12-14-34-21(27)23-6-8-32-19(25)17(3)4/h1,3,5-15H2,2,4H3,(H,22,26)(H,23,27). The van der Waals surface area contributed by atoms with E-state index in [1.165, 1.54) is 13.8 Å². The van der Waals surface area contributed by atoms with E-state index in [0.29, 0.717) is 0 Å². The highest BCUT2D eigenvalue weighted by molar-refractivity contribution is 5.87. The van der Waals surface area contributed by atoms with E-state index in [0.717, 1.165) is 0 Å². The predicted octanol–water partition coefficient (Wildman–Crippen LogP) is 0.685. The molecule has 0 saturated heterocycles.